The molecule has 0 aliphatic carbocycles. The Morgan fingerprint density at radius 3 is 2.92 bits per heavy atom. The largest absolute Gasteiger partial charge is 0.323 e. The van der Waals surface area contributed by atoms with Crippen molar-refractivity contribution in [1.29, 1.82) is 0 Å². The van der Waals surface area contributed by atoms with Gasteiger partial charge in [-0.15, -0.1) is 0 Å². The van der Waals surface area contributed by atoms with E-state index in [1.165, 1.54) is 0 Å². The Labute approximate surface area is 76.4 Å². The Balaban J connectivity index is 2.68. The number of hydrogen-bond acceptors (Lipinski definition) is 3. The Bertz CT molecular complexity index is 430. The molecular weight excluding hydrogens is 164 g/mol. The fourth-order valence-corrected chi connectivity index (χ4v) is 1.26. The van der Waals surface area contributed by atoms with Crippen molar-refractivity contribution in [2.45, 2.75) is 19.9 Å². The van der Waals surface area contributed by atoms with Gasteiger partial charge in [0.2, 0.25) is 0 Å². The third-order valence-corrected chi connectivity index (χ3v) is 2.03. The molecule has 4 nitrogen and oxygen atoms in total. The first kappa shape index (κ1) is 8.19. The Morgan fingerprint density at radius 2 is 2.31 bits per heavy atom. The summed E-state index contributed by atoms with van der Waals surface area (Å²) in [7, 11) is 0. The van der Waals surface area contributed by atoms with Crippen LogP contribution in [-0.2, 0) is 0 Å². The summed E-state index contributed by atoms with van der Waals surface area (Å²) in [6, 6.07) is 3.80. The molecule has 1 unspecified atom stereocenters. The summed E-state index contributed by atoms with van der Waals surface area (Å²) in [5.74, 6) is 0. The number of nitrogens with zero attached hydrogens (tertiary/aromatic N) is 3. The summed E-state index contributed by atoms with van der Waals surface area (Å²) in [6.45, 7) is 3.91. The normalized spacial score (nSPS) is 13.5. The molecule has 2 N–H and O–H groups in total. The molecule has 2 aromatic rings. The standard InChI is InChI=1S/C9H12N4/c1-6-3-4-11-9-5-8(7(2)10)12-13(6)9/h3-5,7H,10H2,1-2H3. The molecular formula is C9H12N4. The lowest BCUT2D eigenvalue weighted by molar-refractivity contribution is 0.748. The van der Waals surface area contributed by atoms with Gasteiger partial charge in [0.1, 0.15) is 0 Å². The molecule has 0 spiro atoms. The molecule has 0 bridgehead atoms. The van der Waals surface area contributed by atoms with E-state index in [0.717, 1.165) is 17.0 Å². The van der Waals surface area contributed by atoms with Gasteiger partial charge in [0.15, 0.2) is 5.65 Å². The minimum atomic E-state index is -0.0406. The maximum atomic E-state index is 5.72. The minimum Gasteiger partial charge on any atom is -0.323 e. The summed E-state index contributed by atoms with van der Waals surface area (Å²) in [6.07, 6.45) is 1.78. The van der Waals surface area contributed by atoms with Gasteiger partial charge < -0.3 is 5.73 Å². The summed E-state index contributed by atoms with van der Waals surface area (Å²) in [4.78, 5) is 4.19. The Kier molecular flexibility index (Phi) is 1.77. The van der Waals surface area contributed by atoms with Crippen molar-refractivity contribution >= 4 is 5.65 Å². The Morgan fingerprint density at radius 1 is 1.54 bits per heavy atom. The lowest BCUT2D eigenvalue weighted by Gasteiger charge is -1.97. The van der Waals surface area contributed by atoms with E-state index in [1.807, 2.05) is 26.0 Å². The number of fused-ring (bicyclic) bond motifs is 1. The highest BCUT2D eigenvalue weighted by atomic mass is 15.3. The van der Waals surface area contributed by atoms with Crippen molar-refractivity contribution in [3.05, 3.63) is 29.7 Å². The lowest BCUT2D eigenvalue weighted by Crippen LogP contribution is -2.05. The molecule has 2 heterocycles. The second-order valence-corrected chi connectivity index (χ2v) is 3.21. The molecule has 0 aromatic carbocycles. The molecule has 68 valence electrons. The maximum Gasteiger partial charge on any atom is 0.155 e. The molecule has 0 radical (unpaired) electrons. The molecule has 2 aromatic heterocycles. The summed E-state index contributed by atoms with van der Waals surface area (Å²) >= 11 is 0. The van der Waals surface area contributed by atoms with Gasteiger partial charge in [0.05, 0.1) is 5.69 Å². The van der Waals surface area contributed by atoms with E-state index in [-0.39, 0.29) is 6.04 Å². The second-order valence-electron chi connectivity index (χ2n) is 3.21. The van der Waals surface area contributed by atoms with Gasteiger partial charge in [-0.3, -0.25) is 0 Å². The van der Waals surface area contributed by atoms with Crippen LogP contribution in [0.1, 0.15) is 24.4 Å². The molecule has 0 aliphatic heterocycles. The predicted octanol–water partition coefficient (Wildman–Crippen LogP) is 1.06. The van der Waals surface area contributed by atoms with Crippen LogP contribution < -0.4 is 5.73 Å². The topological polar surface area (TPSA) is 56.2 Å². The van der Waals surface area contributed by atoms with Crippen molar-refractivity contribution in [3.8, 4) is 0 Å². The van der Waals surface area contributed by atoms with E-state index in [1.54, 1.807) is 10.7 Å². The van der Waals surface area contributed by atoms with Gasteiger partial charge in [-0.2, -0.15) is 5.10 Å². The Hall–Kier alpha value is -1.42. The number of nitrogens with two attached hydrogens (primary N) is 1. The maximum absolute atomic E-state index is 5.72. The van der Waals surface area contributed by atoms with Gasteiger partial charge in [-0.25, -0.2) is 9.50 Å². The van der Waals surface area contributed by atoms with Crippen LogP contribution in [0.15, 0.2) is 18.3 Å². The predicted molar refractivity (Wildman–Crippen MR) is 50.3 cm³/mol. The zero-order chi connectivity index (χ0) is 9.42. The van der Waals surface area contributed by atoms with Crippen molar-refractivity contribution in [1.82, 2.24) is 14.6 Å². The average molecular weight is 176 g/mol. The van der Waals surface area contributed by atoms with Crippen LogP contribution >= 0.6 is 0 Å². The molecule has 0 aliphatic rings. The first-order valence-corrected chi connectivity index (χ1v) is 4.25. The van der Waals surface area contributed by atoms with Gasteiger partial charge in [0.25, 0.3) is 0 Å². The molecule has 0 saturated heterocycles. The molecule has 0 fully saturated rings. The highest BCUT2D eigenvalue weighted by Crippen LogP contribution is 2.10. The zero-order valence-electron chi connectivity index (χ0n) is 7.73. The van der Waals surface area contributed by atoms with Crippen LogP contribution in [0, 0.1) is 6.92 Å². The number of aromatic nitrogens is 3. The van der Waals surface area contributed by atoms with Gasteiger partial charge >= 0.3 is 0 Å². The van der Waals surface area contributed by atoms with Crippen molar-refractivity contribution in [2.24, 2.45) is 5.73 Å². The van der Waals surface area contributed by atoms with Crippen molar-refractivity contribution in [2.75, 3.05) is 0 Å². The first-order chi connectivity index (χ1) is 6.18. The van der Waals surface area contributed by atoms with Crippen LogP contribution in [0.25, 0.3) is 5.65 Å². The SMILES string of the molecule is Cc1ccnc2cc(C(C)N)nn12. The van der Waals surface area contributed by atoms with Crippen LogP contribution in [0.2, 0.25) is 0 Å². The molecule has 1 atom stereocenters. The van der Waals surface area contributed by atoms with Crippen LogP contribution in [0.4, 0.5) is 0 Å². The van der Waals surface area contributed by atoms with Crippen LogP contribution in [-0.4, -0.2) is 14.6 Å². The van der Waals surface area contributed by atoms with E-state index >= 15 is 0 Å². The molecule has 0 saturated carbocycles. The lowest BCUT2D eigenvalue weighted by atomic mass is 10.3. The van der Waals surface area contributed by atoms with Gasteiger partial charge in [-0.1, -0.05) is 0 Å². The number of rotatable bonds is 1. The fraction of sp³-hybridized carbons (Fsp3) is 0.333. The highest BCUT2D eigenvalue weighted by molar-refractivity contribution is 5.40. The van der Waals surface area contributed by atoms with E-state index < -0.39 is 0 Å². The quantitative estimate of drug-likeness (QED) is 0.706. The van der Waals surface area contributed by atoms with Gasteiger partial charge in [0, 0.05) is 24.0 Å². The van der Waals surface area contributed by atoms with E-state index in [2.05, 4.69) is 10.1 Å². The molecule has 4 heteroatoms. The smallest absolute Gasteiger partial charge is 0.155 e. The fourth-order valence-electron chi connectivity index (χ4n) is 1.26. The second kappa shape index (κ2) is 2.81. The number of aryl methyl sites for hydroxylation is 1. The van der Waals surface area contributed by atoms with Crippen molar-refractivity contribution in [3.63, 3.8) is 0 Å². The monoisotopic (exact) mass is 176 g/mol. The molecule has 2 rings (SSSR count). The third-order valence-electron chi connectivity index (χ3n) is 2.03. The highest BCUT2D eigenvalue weighted by Gasteiger charge is 2.06. The van der Waals surface area contributed by atoms with E-state index in [4.69, 9.17) is 5.73 Å². The van der Waals surface area contributed by atoms with Crippen molar-refractivity contribution < 1.29 is 0 Å². The molecule has 0 amide bonds. The minimum absolute atomic E-state index is 0.0406. The first-order valence-electron chi connectivity index (χ1n) is 4.25. The van der Waals surface area contributed by atoms with Gasteiger partial charge in [-0.05, 0) is 19.9 Å². The third kappa shape index (κ3) is 1.29. The molecule has 13 heavy (non-hydrogen) atoms. The average Bonchev–Trinajstić information content (AvgIpc) is 2.49. The van der Waals surface area contributed by atoms with E-state index in [9.17, 15) is 0 Å². The summed E-state index contributed by atoms with van der Waals surface area (Å²) < 4.78 is 1.80. The van der Waals surface area contributed by atoms with E-state index in [0.29, 0.717) is 0 Å². The summed E-state index contributed by atoms with van der Waals surface area (Å²) in [5, 5.41) is 4.34. The number of hydrogen-bond donors (Lipinski definition) is 1. The summed E-state index contributed by atoms with van der Waals surface area (Å²) in [5.41, 5.74) is 8.52. The van der Waals surface area contributed by atoms with Crippen LogP contribution in [0.5, 0.6) is 0 Å². The van der Waals surface area contributed by atoms with Crippen LogP contribution in [0.3, 0.4) is 0 Å². The zero-order valence-corrected chi connectivity index (χ0v) is 7.73.